The van der Waals surface area contributed by atoms with Gasteiger partial charge in [-0.1, -0.05) is 52.0 Å². The van der Waals surface area contributed by atoms with E-state index in [4.69, 9.17) is 11.6 Å². The lowest BCUT2D eigenvalue weighted by molar-refractivity contribution is 0.546. The van der Waals surface area contributed by atoms with Gasteiger partial charge in [0.05, 0.1) is 0 Å². The molecule has 0 saturated carbocycles. The van der Waals surface area contributed by atoms with Crippen LogP contribution in [-0.2, 0) is 6.54 Å². The first kappa shape index (κ1) is 14.5. The van der Waals surface area contributed by atoms with Gasteiger partial charge in [0, 0.05) is 18.5 Å². The minimum absolute atomic E-state index is 0.213. The van der Waals surface area contributed by atoms with E-state index in [1.165, 1.54) is 11.1 Å². The smallest absolute Gasteiger partial charge is 0.0483 e. The van der Waals surface area contributed by atoms with Gasteiger partial charge >= 0.3 is 0 Å². The summed E-state index contributed by atoms with van der Waals surface area (Å²) in [7, 11) is 0. The van der Waals surface area contributed by atoms with Crippen molar-refractivity contribution in [3.8, 4) is 0 Å². The fourth-order valence-corrected chi connectivity index (χ4v) is 1.72. The lowest BCUT2D eigenvalue weighted by Gasteiger charge is -2.14. The lowest BCUT2D eigenvalue weighted by Crippen LogP contribution is -2.26. The van der Waals surface area contributed by atoms with Crippen molar-refractivity contribution < 1.29 is 0 Å². The van der Waals surface area contributed by atoms with Crippen LogP contribution >= 0.6 is 11.6 Å². The molecule has 0 radical (unpaired) electrons. The van der Waals surface area contributed by atoms with Gasteiger partial charge in [0.15, 0.2) is 0 Å². The lowest BCUT2D eigenvalue weighted by atomic mass is 10.0. The molecule has 0 aromatic heterocycles. The highest BCUT2D eigenvalue weighted by Gasteiger charge is 2.08. The van der Waals surface area contributed by atoms with Crippen molar-refractivity contribution in [2.75, 3.05) is 6.54 Å². The van der Waals surface area contributed by atoms with Crippen molar-refractivity contribution in [2.45, 2.75) is 45.5 Å². The Morgan fingerprint density at radius 2 is 1.65 bits per heavy atom. The van der Waals surface area contributed by atoms with Crippen molar-refractivity contribution in [1.29, 1.82) is 0 Å². The van der Waals surface area contributed by atoms with Gasteiger partial charge in [0.1, 0.15) is 0 Å². The second-order valence-corrected chi connectivity index (χ2v) is 5.85. The van der Waals surface area contributed by atoms with Crippen LogP contribution in [0.4, 0.5) is 0 Å². The molecule has 0 aliphatic heterocycles. The summed E-state index contributed by atoms with van der Waals surface area (Å²) in [5.74, 6) is 1.12. The molecule has 0 spiro atoms. The molecule has 0 amide bonds. The Kier molecular flexibility index (Phi) is 6.01. The van der Waals surface area contributed by atoms with Crippen LogP contribution in [0.2, 0.25) is 0 Å². The molecule has 1 nitrogen and oxygen atoms in total. The van der Waals surface area contributed by atoms with Crippen molar-refractivity contribution in [2.24, 2.45) is 5.92 Å². The average Bonchev–Trinajstić information content (AvgIpc) is 2.29. The van der Waals surface area contributed by atoms with Crippen LogP contribution in [0.15, 0.2) is 24.3 Å². The Balaban J connectivity index is 2.37. The van der Waals surface area contributed by atoms with E-state index in [-0.39, 0.29) is 5.38 Å². The van der Waals surface area contributed by atoms with E-state index in [0.29, 0.717) is 11.8 Å². The van der Waals surface area contributed by atoms with E-state index in [1.807, 2.05) is 0 Å². The molecular weight excluding hydrogens is 230 g/mol. The van der Waals surface area contributed by atoms with Crippen LogP contribution in [-0.4, -0.2) is 11.9 Å². The zero-order valence-electron chi connectivity index (χ0n) is 11.3. The first-order valence-electron chi connectivity index (χ1n) is 6.44. The quantitative estimate of drug-likeness (QED) is 0.751. The number of hydrogen-bond donors (Lipinski definition) is 1. The first-order valence-corrected chi connectivity index (χ1v) is 6.88. The van der Waals surface area contributed by atoms with E-state index in [0.717, 1.165) is 13.1 Å². The van der Waals surface area contributed by atoms with Gasteiger partial charge in [0.2, 0.25) is 0 Å². The van der Waals surface area contributed by atoms with E-state index in [1.54, 1.807) is 0 Å². The summed E-state index contributed by atoms with van der Waals surface area (Å²) < 4.78 is 0. The van der Waals surface area contributed by atoms with Gasteiger partial charge in [-0.2, -0.15) is 0 Å². The Morgan fingerprint density at radius 1 is 1.06 bits per heavy atom. The number of rotatable bonds is 6. The predicted molar refractivity (Wildman–Crippen MR) is 76.7 cm³/mol. The number of hydrogen-bond acceptors (Lipinski definition) is 1. The summed E-state index contributed by atoms with van der Waals surface area (Å²) in [5, 5.41) is 3.61. The topological polar surface area (TPSA) is 12.0 Å². The molecule has 0 fully saturated rings. The van der Waals surface area contributed by atoms with Gasteiger partial charge in [-0.05, 0) is 23.0 Å². The summed E-state index contributed by atoms with van der Waals surface area (Å²) in [6.45, 7) is 10.5. The van der Waals surface area contributed by atoms with Gasteiger partial charge in [-0.15, -0.1) is 11.6 Å². The highest BCUT2D eigenvalue weighted by molar-refractivity contribution is 6.20. The minimum atomic E-state index is 0.213. The van der Waals surface area contributed by atoms with E-state index in [2.05, 4.69) is 57.3 Å². The summed E-state index contributed by atoms with van der Waals surface area (Å²) >= 11 is 6.19. The number of alkyl halides is 1. The molecule has 0 aliphatic rings. The van der Waals surface area contributed by atoms with E-state index in [9.17, 15) is 0 Å². The van der Waals surface area contributed by atoms with Crippen LogP contribution < -0.4 is 5.32 Å². The first-order chi connectivity index (χ1) is 8.00. The SMILES string of the molecule is CC(C)c1ccc(CNCC(Cl)C(C)C)cc1. The third-order valence-electron chi connectivity index (χ3n) is 3.04. The van der Waals surface area contributed by atoms with E-state index >= 15 is 0 Å². The monoisotopic (exact) mass is 253 g/mol. The molecule has 1 aromatic carbocycles. The molecule has 96 valence electrons. The van der Waals surface area contributed by atoms with Gasteiger partial charge in [-0.25, -0.2) is 0 Å². The summed E-state index contributed by atoms with van der Waals surface area (Å²) in [5.41, 5.74) is 2.72. The molecule has 1 rings (SSSR count). The molecule has 1 N–H and O–H groups in total. The third-order valence-corrected chi connectivity index (χ3v) is 3.70. The molecule has 1 atom stereocenters. The summed E-state index contributed by atoms with van der Waals surface area (Å²) in [4.78, 5) is 0. The third kappa shape index (κ3) is 5.10. The summed E-state index contributed by atoms with van der Waals surface area (Å²) in [6, 6.07) is 8.81. The number of benzene rings is 1. The van der Waals surface area contributed by atoms with Gasteiger partial charge in [-0.3, -0.25) is 0 Å². The second kappa shape index (κ2) is 7.03. The number of halogens is 1. The fraction of sp³-hybridized carbons (Fsp3) is 0.600. The van der Waals surface area contributed by atoms with E-state index < -0.39 is 0 Å². The second-order valence-electron chi connectivity index (χ2n) is 5.29. The van der Waals surface area contributed by atoms with Crippen molar-refractivity contribution in [3.05, 3.63) is 35.4 Å². The minimum Gasteiger partial charge on any atom is -0.311 e. The maximum absolute atomic E-state index is 6.19. The maximum Gasteiger partial charge on any atom is 0.0483 e. The molecule has 0 bridgehead atoms. The molecule has 0 saturated heterocycles. The molecule has 0 aliphatic carbocycles. The molecule has 2 heteroatoms. The average molecular weight is 254 g/mol. The molecule has 1 aromatic rings. The Labute approximate surface area is 111 Å². The molecular formula is C15H24ClN. The molecule has 0 heterocycles. The summed E-state index contributed by atoms with van der Waals surface area (Å²) in [6.07, 6.45) is 0. The van der Waals surface area contributed by atoms with Gasteiger partial charge < -0.3 is 5.32 Å². The Morgan fingerprint density at radius 3 is 2.12 bits per heavy atom. The van der Waals surface area contributed by atoms with Crippen LogP contribution in [0, 0.1) is 5.92 Å². The standard InChI is InChI=1S/C15H24ClN/c1-11(2)14-7-5-13(6-8-14)9-17-10-15(16)12(3)4/h5-8,11-12,15,17H,9-10H2,1-4H3. The largest absolute Gasteiger partial charge is 0.311 e. The van der Waals surface area contributed by atoms with Crippen LogP contribution in [0.25, 0.3) is 0 Å². The zero-order valence-corrected chi connectivity index (χ0v) is 12.1. The highest BCUT2D eigenvalue weighted by atomic mass is 35.5. The van der Waals surface area contributed by atoms with Crippen LogP contribution in [0.3, 0.4) is 0 Å². The molecule has 1 unspecified atom stereocenters. The Hall–Kier alpha value is -0.530. The maximum atomic E-state index is 6.19. The van der Waals surface area contributed by atoms with Crippen LogP contribution in [0.5, 0.6) is 0 Å². The van der Waals surface area contributed by atoms with Crippen molar-refractivity contribution in [1.82, 2.24) is 5.32 Å². The predicted octanol–water partition coefficient (Wildman–Crippen LogP) is 4.16. The normalized spacial score (nSPS) is 13.4. The van der Waals surface area contributed by atoms with Crippen LogP contribution in [0.1, 0.15) is 44.7 Å². The molecule has 17 heavy (non-hydrogen) atoms. The highest BCUT2D eigenvalue weighted by Crippen LogP contribution is 2.14. The fourth-order valence-electron chi connectivity index (χ4n) is 1.61. The van der Waals surface area contributed by atoms with Gasteiger partial charge in [0.25, 0.3) is 0 Å². The van der Waals surface area contributed by atoms with Crippen molar-refractivity contribution >= 4 is 11.6 Å². The Bertz CT molecular complexity index is 316. The zero-order chi connectivity index (χ0) is 12.8. The van der Waals surface area contributed by atoms with Crippen molar-refractivity contribution in [3.63, 3.8) is 0 Å². The number of nitrogens with one attached hydrogen (secondary N) is 1.